The van der Waals surface area contributed by atoms with Gasteiger partial charge in [-0.2, -0.15) is 4.31 Å². The number of thiazole rings is 1. The minimum Gasteiger partial charge on any atom is -0.302 e. The third kappa shape index (κ3) is 4.22. The van der Waals surface area contributed by atoms with Crippen LogP contribution in [0.1, 0.15) is 24.8 Å². The highest BCUT2D eigenvalue weighted by molar-refractivity contribution is 7.89. The molecule has 1 fully saturated rings. The normalized spacial score (nSPS) is 14.7. The van der Waals surface area contributed by atoms with E-state index in [9.17, 15) is 18.0 Å². The topological polar surface area (TPSA) is 114 Å². The number of fused-ring (bicyclic) bond motifs is 2. The van der Waals surface area contributed by atoms with Crippen LogP contribution < -0.4 is 10.9 Å². The lowest BCUT2D eigenvalue weighted by atomic mass is 10.1. The Morgan fingerprint density at radius 3 is 2.76 bits per heavy atom. The van der Waals surface area contributed by atoms with E-state index in [0.29, 0.717) is 39.3 Å². The highest BCUT2D eigenvalue weighted by atomic mass is 32.2. The second-order valence-electron chi connectivity index (χ2n) is 8.27. The molecule has 1 N–H and O–H groups in total. The Morgan fingerprint density at radius 1 is 1.18 bits per heavy atom. The molecule has 0 bridgehead atoms. The average molecular weight is 498 g/mol. The molecule has 1 aliphatic rings. The Morgan fingerprint density at radius 2 is 1.97 bits per heavy atom. The van der Waals surface area contributed by atoms with Gasteiger partial charge in [0.1, 0.15) is 0 Å². The van der Waals surface area contributed by atoms with E-state index in [0.717, 1.165) is 18.4 Å². The number of hydrogen-bond donors (Lipinski definition) is 1. The summed E-state index contributed by atoms with van der Waals surface area (Å²) in [7, 11) is -3.52. The fraction of sp³-hybridized carbons (Fsp3) is 0.304. The average Bonchev–Trinajstić information content (AvgIpc) is 3.49. The van der Waals surface area contributed by atoms with E-state index >= 15 is 0 Å². The number of nitrogens with zero attached hydrogens (tertiary/aromatic N) is 4. The minimum atomic E-state index is -3.52. The van der Waals surface area contributed by atoms with Crippen molar-refractivity contribution < 1.29 is 13.2 Å². The number of para-hydroxylation sites is 1. The Labute approximate surface area is 200 Å². The van der Waals surface area contributed by atoms with E-state index in [2.05, 4.69) is 15.3 Å². The number of anilines is 1. The number of hydrogen-bond acceptors (Lipinski definition) is 7. The second kappa shape index (κ2) is 8.90. The van der Waals surface area contributed by atoms with Crippen molar-refractivity contribution in [2.45, 2.75) is 37.6 Å². The third-order valence-electron chi connectivity index (χ3n) is 5.94. The number of carbonyl (C=O) groups excluding carboxylic acids is 1. The maximum Gasteiger partial charge on any atom is 0.261 e. The lowest BCUT2D eigenvalue weighted by Crippen LogP contribution is -2.27. The number of sulfonamides is 1. The van der Waals surface area contributed by atoms with Gasteiger partial charge in [0.2, 0.25) is 15.9 Å². The zero-order valence-electron chi connectivity index (χ0n) is 18.5. The lowest BCUT2D eigenvalue weighted by molar-refractivity contribution is -0.116. The number of nitrogens with one attached hydrogen (secondary N) is 1. The largest absolute Gasteiger partial charge is 0.302 e. The van der Waals surface area contributed by atoms with Crippen LogP contribution in [0.25, 0.3) is 21.1 Å². The fourth-order valence-corrected chi connectivity index (χ4v) is 6.64. The van der Waals surface area contributed by atoms with Crippen LogP contribution in [0, 0.1) is 6.92 Å². The van der Waals surface area contributed by atoms with Gasteiger partial charge in [0.25, 0.3) is 5.56 Å². The molecule has 0 saturated carbocycles. The van der Waals surface area contributed by atoms with Crippen molar-refractivity contribution in [1.29, 1.82) is 0 Å². The summed E-state index contributed by atoms with van der Waals surface area (Å²) < 4.78 is 29.2. The Kier molecular flexibility index (Phi) is 5.92. The molecule has 3 heterocycles. The molecule has 0 unspecified atom stereocenters. The van der Waals surface area contributed by atoms with Gasteiger partial charge in [0.05, 0.1) is 32.3 Å². The molecule has 0 atom stereocenters. The number of aryl methyl sites for hydroxylation is 2. The van der Waals surface area contributed by atoms with Crippen molar-refractivity contribution in [2.24, 2.45) is 0 Å². The van der Waals surface area contributed by atoms with E-state index in [1.807, 2.05) is 19.1 Å². The zero-order valence-corrected chi connectivity index (χ0v) is 20.2. The SMILES string of the molecule is Cc1cccc2c(=O)n(CCC(=O)Nc3nc4ccc(S(=O)(=O)N5CCCC5)cc4s3)cnc12. The summed E-state index contributed by atoms with van der Waals surface area (Å²) in [6.45, 7) is 3.17. The van der Waals surface area contributed by atoms with Gasteiger partial charge >= 0.3 is 0 Å². The molecule has 4 aromatic rings. The van der Waals surface area contributed by atoms with E-state index < -0.39 is 10.0 Å². The number of carbonyl (C=O) groups is 1. The quantitative estimate of drug-likeness (QED) is 0.438. The standard InChI is InChI=1S/C23H23N5O4S2/c1-15-5-4-6-17-21(15)24-14-27(22(17)30)12-9-20(29)26-23-25-18-8-7-16(13-19(18)33-23)34(31,32)28-10-2-3-11-28/h4-8,13-14H,2-3,9-12H2,1H3,(H,25,26,29). The molecule has 1 amide bonds. The van der Waals surface area contributed by atoms with Crippen LogP contribution in [0.4, 0.5) is 5.13 Å². The molecule has 2 aromatic carbocycles. The number of rotatable bonds is 6. The van der Waals surface area contributed by atoms with Gasteiger partial charge in [-0.15, -0.1) is 0 Å². The van der Waals surface area contributed by atoms with Crippen molar-refractivity contribution in [3.8, 4) is 0 Å². The van der Waals surface area contributed by atoms with Crippen LogP contribution in [-0.2, 0) is 21.4 Å². The van der Waals surface area contributed by atoms with Crippen LogP contribution in [0.5, 0.6) is 0 Å². The highest BCUT2D eigenvalue weighted by Crippen LogP contribution is 2.30. The molecule has 9 nitrogen and oxygen atoms in total. The monoisotopic (exact) mass is 497 g/mol. The first kappa shape index (κ1) is 22.6. The van der Waals surface area contributed by atoms with Gasteiger partial charge < -0.3 is 5.32 Å². The van der Waals surface area contributed by atoms with Gasteiger partial charge in [-0.3, -0.25) is 14.2 Å². The van der Waals surface area contributed by atoms with Crippen molar-refractivity contribution in [3.63, 3.8) is 0 Å². The van der Waals surface area contributed by atoms with Crippen LogP contribution in [-0.4, -0.2) is 46.3 Å². The van der Waals surface area contributed by atoms with Crippen LogP contribution in [0.3, 0.4) is 0 Å². The van der Waals surface area contributed by atoms with Gasteiger partial charge in [0, 0.05) is 26.1 Å². The van der Waals surface area contributed by atoms with Gasteiger partial charge in [-0.25, -0.2) is 18.4 Å². The minimum absolute atomic E-state index is 0.0728. The molecule has 34 heavy (non-hydrogen) atoms. The molecule has 176 valence electrons. The predicted octanol–water partition coefficient (Wildman–Crippen LogP) is 3.13. The van der Waals surface area contributed by atoms with Crippen molar-refractivity contribution in [3.05, 3.63) is 58.6 Å². The molecular weight excluding hydrogens is 474 g/mol. The summed E-state index contributed by atoms with van der Waals surface area (Å²) in [5.41, 5.74) is 2.01. The Bertz CT molecular complexity index is 1570. The molecule has 5 rings (SSSR count). The van der Waals surface area contributed by atoms with E-state index in [1.165, 1.54) is 26.5 Å². The molecule has 0 aliphatic carbocycles. The number of aromatic nitrogens is 3. The molecule has 11 heteroatoms. The zero-order chi connectivity index (χ0) is 23.9. The Hall–Kier alpha value is -3.15. The summed E-state index contributed by atoms with van der Waals surface area (Å²) in [5, 5.41) is 3.66. The maximum atomic E-state index is 12.8. The molecule has 0 spiro atoms. The third-order valence-corrected chi connectivity index (χ3v) is 8.77. The summed E-state index contributed by atoms with van der Waals surface area (Å²) in [4.78, 5) is 34.2. The van der Waals surface area contributed by atoms with Gasteiger partial charge in [-0.05, 0) is 49.6 Å². The fourth-order valence-electron chi connectivity index (χ4n) is 4.10. The smallest absolute Gasteiger partial charge is 0.261 e. The van der Waals surface area contributed by atoms with Crippen LogP contribution in [0.15, 0.2) is 52.4 Å². The Balaban J connectivity index is 1.29. The van der Waals surface area contributed by atoms with E-state index in [-0.39, 0.29) is 29.3 Å². The maximum absolute atomic E-state index is 12.8. The second-order valence-corrected chi connectivity index (χ2v) is 11.2. The molecule has 1 saturated heterocycles. The van der Waals surface area contributed by atoms with Crippen LogP contribution >= 0.6 is 11.3 Å². The highest BCUT2D eigenvalue weighted by Gasteiger charge is 2.27. The van der Waals surface area contributed by atoms with Crippen LogP contribution in [0.2, 0.25) is 0 Å². The first-order valence-electron chi connectivity index (χ1n) is 11.0. The predicted molar refractivity (Wildman–Crippen MR) is 132 cm³/mol. The van der Waals surface area contributed by atoms with Gasteiger partial charge in [-0.1, -0.05) is 23.5 Å². The number of benzene rings is 2. The molecule has 1 aliphatic heterocycles. The molecular formula is C23H23N5O4S2. The summed E-state index contributed by atoms with van der Waals surface area (Å²) in [5.74, 6) is -0.291. The lowest BCUT2D eigenvalue weighted by Gasteiger charge is -2.15. The first-order chi connectivity index (χ1) is 16.3. The van der Waals surface area contributed by atoms with Gasteiger partial charge in [0.15, 0.2) is 5.13 Å². The summed E-state index contributed by atoms with van der Waals surface area (Å²) in [6.07, 6.45) is 3.28. The van der Waals surface area contributed by atoms with Crippen molar-refractivity contribution in [1.82, 2.24) is 18.8 Å². The summed E-state index contributed by atoms with van der Waals surface area (Å²) >= 11 is 1.22. The van der Waals surface area contributed by atoms with E-state index in [1.54, 1.807) is 24.3 Å². The number of amides is 1. The van der Waals surface area contributed by atoms with Crippen molar-refractivity contribution in [2.75, 3.05) is 18.4 Å². The first-order valence-corrected chi connectivity index (χ1v) is 13.2. The van der Waals surface area contributed by atoms with E-state index in [4.69, 9.17) is 0 Å². The molecule has 0 radical (unpaired) electrons. The van der Waals surface area contributed by atoms with Crippen molar-refractivity contribution >= 4 is 53.5 Å². The molecule has 2 aromatic heterocycles. The summed E-state index contributed by atoms with van der Waals surface area (Å²) in [6, 6.07) is 10.3.